The van der Waals surface area contributed by atoms with Gasteiger partial charge in [-0.05, 0) is 56.3 Å². The molecule has 0 radical (unpaired) electrons. The average Bonchev–Trinajstić information content (AvgIpc) is 2.58. The van der Waals surface area contributed by atoms with Crippen LogP contribution in [0.2, 0.25) is 0 Å². The van der Waals surface area contributed by atoms with Crippen molar-refractivity contribution in [3.05, 3.63) is 35.4 Å². The standard InChI is InChI=1S/C18H26F2N2O2/c1-2-18(13-23)7-10-22(11-8-18)12-17(24)21-9-6-14-15(19)4-3-5-16(14)20/h3-5,23H,2,6-13H2,1H3,(H,21,24). The molecule has 134 valence electrons. The van der Waals surface area contributed by atoms with Crippen molar-refractivity contribution in [2.75, 3.05) is 32.8 Å². The van der Waals surface area contributed by atoms with Gasteiger partial charge in [-0.2, -0.15) is 0 Å². The molecule has 1 heterocycles. The summed E-state index contributed by atoms with van der Waals surface area (Å²) in [7, 11) is 0. The fourth-order valence-corrected chi connectivity index (χ4v) is 3.17. The summed E-state index contributed by atoms with van der Waals surface area (Å²) in [5, 5.41) is 12.2. The second-order valence-electron chi connectivity index (χ2n) is 6.59. The zero-order valence-electron chi connectivity index (χ0n) is 14.2. The van der Waals surface area contributed by atoms with Gasteiger partial charge in [-0.15, -0.1) is 0 Å². The Morgan fingerprint density at radius 3 is 2.46 bits per heavy atom. The summed E-state index contributed by atoms with van der Waals surface area (Å²) in [6.07, 6.45) is 2.84. The number of likely N-dealkylation sites (tertiary alicyclic amines) is 1. The number of nitrogens with one attached hydrogen (secondary N) is 1. The predicted octanol–water partition coefficient (Wildman–Crippen LogP) is 2.11. The number of hydrogen-bond acceptors (Lipinski definition) is 3. The van der Waals surface area contributed by atoms with Gasteiger partial charge < -0.3 is 10.4 Å². The van der Waals surface area contributed by atoms with Gasteiger partial charge in [0.1, 0.15) is 11.6 Å². The summed E-state index contributed by atoms with van der Waals surface area (Å²) < 4.78 is 27.0. The highest BCUT2D eigenvalue weighted by atomic mass is 19.1. The van der Waals surface area contributed by atoms with Crippen LogP contribution >= 0.6 is 0 Å². The Morgan fingerprint density at radius 2 is 1.92 bits per heavy atom. The van der Waals surface area contributed by atoms with Crippen LogP contribution in [0.3, 0.4) is 0 Å². The molecule has 1 amide bonds. The van der Waals surface area contributed by atoms with Gasteiger partial charge in [0, 0.05) is 18.7 Å². The normalized spacial score (nSPS) is 17.7. The number of carbonyl (C=O) groups excluding carboxylic acids is 1. The molecule has 0 aromatic heterocycles. The van der Waals surface area contributed by atoms with Crippen molar-refractivity contribution in [2.45, 2.75) is 32.6 Å². The van der Waals surface area contributed by atoms with Gasteiger partial charge in [0.05, 0.1) is 6.54 Å². The van der Waals surface area contributed by atoms with E-state index in [0.29, 0.717) is 0 Å². The smallest absolute Gasteiger partial charge is 0.234 e. The predicted molar refractivity (Wildman–Crippen MR) is 88.6 cm³/mol. The van der Waals surface area contributed by atoms with Crippen molar-refractivity contribution in [1.29, 1.82) is 0 Å². The van der Waals surface area contributed by atoms with Gasteiger partial charge in [-0.1, -0.05) is 13.0 Å². The highest BCUT2D eigenvalue weighted by Crippen LogP contribution is 2.33. The summed E-state index contributed by atoms with van der Waals surface area (Å²) in [6.45, 7) is 4.33. The van der Waals surface area contributed by atoms with Crippen LogP contribution in [0.5, 0.6) is 0 Å². The molecule has 1 aliphatic rings. The van der Waals surface area contributed by atoms with Gasteiger partial charge >= 0.3 is 0 Å². The second kappa shape index (κ2) is 8.53. The third-order valence-electron chi connectivity index (χ3n) is 5.13. The number of halogens is 2. The molecule has 0 spiro atoms. The Bertz CT molecular complexity index is 532. The molecule has 0 bridgehead atoms. The summed E-state index contributed by atoms with van der Waals surface area (Å²) in [4.78, 5) is 14.0. The molecule has 1 saturated heterocycles. The van der Waals surface area contributed by atoms with Crippen LogP contribution in [0.4, 0.5) is 8.78 Å². The van der Waals surface area contributed by atoms with E-state index in [1.54, 1.807) is 0 Å². The fraction of sp³-hybridized carbons (Fsp3) is 0.611. The Kier molecular flexibility index (Phi) is 6.69. The van der Waals surface area contributed by atoms with Gasteiger partial charge in [-0.3, -0.25) is 9.69 Å². The lowest BCUT2D eigenvalue weighted by Crippen LogP contribution is -2.46. The molecule has 0 saturated carbocycles. The van der Waals surface area contributed by atoms with Crippen molar-refractivity contribution >= 4 is 5.91 Å². The molecular weight excluding hydrogens is 314 g/mol. The lowest BCUT2D eigenvalue weighted by Gasteiger charge is -2.39. The highest BCUT2D eigenvalue weighted by molar-refractivity contribution is 5.78. The Hall–Kier alpha value is -1.53. The first kappa shape index (κ1) is 18.8. The Labute approximate surface area is 141 Å². The zero-order valence-corrected chi connectivity index (χ0v) is 14.2. The minimum atomic E-state index is -0.583. The second-order valence-corrected chi connectivity index (χ2v) is 6.59. The maximum absolute atomic E-state index is 13.5. The SMILES string of the molecule is CCC1(CO)CCN(CC(=O)NCCc2c(F)cccc2F)CC1. The van der Waals surface area contributed by atoms with E-state index in [9.17, 15) is 18.7 Å². The van der Waals surface area contributed by atoms with Crippen LogP contribution < -0.4 is 5.32 Å². The summed E-state index contributed by atoms with van der Waals surface area (Å²) in [5.41, 5.74) is 0.00135. The fourth-order valence-electron chi connectivity index (χ4n) is 3.17. The molecule has 1 aromatic rings. The third-order valence-corrected chi connectivity index (χ3v) is 5.13. The molecule has 2 N–H and O–H groups in total. The van der Waals surface area contributed by atoms with Crippen LogP contribution in [0.15, 0.2) is 18.2 Å². The number of nitrogens with zero attached hydrogens (tertiary/aromatic N) is 1. The van der Waals surface area contributed by atoms with Crippen molar-refractivity contribution in [3.63, 3.8) is 0 Å². The number of benzene rings is 1. The summed E-state index contributed by atoms with van der Waals surface area (Å²) in [6, 6.07) is 3.76. The first-order chi connectivity index (χ1) is 11.5. The van der Waals surface area contributed by atoms with Crippen LogP contribution in [-0.4, -0.2) is 48.7 Å². The van der Waals surface area contributed by atoms with Gasteiger partial charge in [-0.25, -0.2) is 8.78 Å². The van der Waals surface area contributed by atoms with E-state index in [2.05, 4.69) is 17.1 Å². The maximum atomic E-state index is 13.5. The number of piperidine rings is 1. The van der Waals surface area contributed by atoms with Gasteiger partial charge in [0.15, 0.2) is 0 Å². The Morgan fingerprint density at radius 1 is 1.29 bits per heavy atom. The number of amides is 1. The van der Waals surface area contributed by atoms with Crippen LogP contribution in [0.25, 0.3) is 0 Å². The summed E-state index contributed by atoms with van der Waals surface area (Å²) in [5.74, 6) is -1.31. The van der Waals surface area contributed by atoms with Crippen LogP contribution in [0, 0.1) is 17.0 Å². The highest BCUT2D eigenvalue weighted by Gasteiger charge is 2.32. The monoisotopic (exact) mass is 340 g/mol. The van der Waals surface area contributed by atoms with E-state index >= 15 is 0 Å². The van der Waals surface area contributed by atoms with Gasteiger partial charge in [0.25, 0.3) is 0 Å². The van der Waals surface area contributed by atoms with Crippen LogP contribution in [0.1, 0.15) is 31.7 Å². The molecule has 1 aromatic carbocycles. The van der Waals surface area contributed by atoms with E-state index in [1.165, 1.54) is 18.2 Å². The molecule has 4 nitrogen and oxygen atoms in total. The van der Waals surface area contributed by atoms with Crippen molar-refractivity contribution in [1.82, 2.24) is 10.2 Å². The molecule has 24 heavy (non-hydrogen) atoms. The average molecular weight is 340 g/mol. The van der Waals surface area contributed by atoms with E-state index in [-0.39, 0.29) is 43.0 Å². The largest absolute Gasteiger partial charge is 0.396 e. The van der Waals surface area contributed by atoms with E-state index in [0.717, 1.165) is 32.4 Å². The van der Waals surface area contributed by atoms with E-state index < -0.39 is 11.6 Å². The topological polar surface area (TPSA) is 52.6 Å². The number of hydrogen-bond donors (Lipinski definition) is 2. The lowest BCUT2D eigenvalue weighted by molar-refractivity contribution is -0.122. The van der Waals surface area contributed by atoms with Crippen molar-refractivity contribution in [2.24, 2.45) is 5.41 Å². The first-order valence-corrected chi connectivity index (χ1v) is 8.52. The minimum Gasteiger partial charge on any atom is -0.396 e. The maximum Gasteiger partial charge on any atom is 0.234 e. The lowest BCUT2D eigenvalue weighted by atomic mass is 9.77. The van der Waals surface area contributed by atoms with Crippen molar-refractivity contribution < 1.29 is 18.7 Å². The Balaban J connectivity index is 1.73. The molecule has 1 aliphatic heterocycles. The molecule has 0 unspecified atom stereocenters. The number of aliphatic hydroxyl groups is 1. The third kappa shape index (κ3) is 4.74. The first-order valence-electron chi connectivity index (χ1n) is 8.52. The molecule has 0 atom stereocenters. The van der Waals surface area contributed by atoms with Gasteiger partial charge in [0.2, 0.25) is 5.91 Å². The molecule has 0 aliphatic carbocycles. The van der Waals surface area contributed by atoms with Crippen LogP contribution in [-0.2, 0) is 11.2 Å². The quantitative estimate of drug-likeness (QED) is 0.799. The van der Waals surface area contributed by atoms with E-state index in [1.807, 2.05) is 0 Å². The zero-order chi connectivity index (χ0) is 17.6. The molecule has 6 heteroatoms. The summed E-state index contributed by atoms with van der Waals surface area (Å²) >= 11 is 0. The minimum absolute atomic E-state index is 0.00462. The molecular formula is C18H26F2N2O2. The van der Waals surface area contributed by atoms with E-state index in [4.69, 9.17) is 0 Å². The molecule has 2 rings (SSSR count). The van der Waals surface area contributed by atoms with Crippen molar-refractivity contribution in [3.8, 4) is 0 Å². The number of carbonyl (C=O) groups is 1. The number of rotatable bonds is 7. The number of aliphatic hydroxyl groups excluding tert-OH is 1. The molecule has 1 fully saturated rings.